The van der Waals surface area contributed by atoms with Crippen LogP contribution < -0.4 is 0 Å². The molecule has 10 heteroatoms. The van der Waals surface area contributed by atoms with Crippen LogP contribution in [-0.2, 0) is 19.1 Å². The molecule has 5 nitrogen and oxygen atoms in total. The summed E-state index contributed by atoms with van der Waals surface area (Å²) in [6, 6.07) is 6.52. The lowest BCUT2D eigenvalue weighted by atomic mass is 10.0. The van der Waals surface area contributed by atoms with Crippen molar-refractivity contribution in [3.05, 3.63) is 75.4 Å². The number of imidazole rings is 1. The molecule has 1 aliphatic heterocycles. The topological polar surface area (TPSA) is 72.2 Å². The van der Waals surface area contributed by atoms with Gasteiger partial charge in [0.1, 0.15) is 5.82 Å². The summed E-state index contributed by atoms with van der Waals surface area (Å²) in [5.74, 6) is -3.63. The van der Waals surface area contributed by atoms with Crippen LogP contribution in [0.4, 0.5) is 17.6 Å². The zero-order valence-corrected chi connectivity index (χ0v) is 17.1. The molecule has 2 heterocycles. The van der Waals surface area contributed by atoms with Gasteiger partial charge in [0, 0.05) is 17.8 Å². The minimum atomic E-state index is -4.80. The fraction of sp³-hybridized carbons (Fsp3) is 0.227. The van der Waals surface area contributed by atoms with Crippen LogP contribution in [0.2, 0.25) is 5.02 Å². The smallest absolute Gasteiger partial charge is 0.417 e. The van der Waals surface area contributed by atoms with Gasteiger partial charge in [-0.3, -0.25) is 4.79 Å². The number of aromatic carboxylic acids is 1. The number of rotatable bonds is 4. The van der Waals surface area contributed by atoms with E-state index < -0.39 is 40.4 Å². The average molecular weight is 467 g/mol. The second kappa shape index (κ2) is 8.05. The third-order valence-corrected chi connectivity index (χ3v) is 5.65. The third-order valence-electron chi connectivity index (χ3n) is 5.34. The van der Waals surface area contributed by atoms with Crippen molar-refractivity contribution in [1.82, 2.24) is 9.55 Å². The number of nitrogens with zero attached hydrogens (tertiary/aromatic N) is 2. The van der Waals surface area contributed by atoms with E-state index in [1.165, 1.54) is 16.7 Å². The van der Waals surface area contributed by atoms with E-state index in [1.54, 1.807) is 0 Å². The number of ketones is 1. The molecule has 0 unspecified atom stereocenters. The van der Waals surface area contributed by atoms with Gasteiger partial charge in [-0.15, -0.1) is 0 Å². The SMILES string of the molecule is O=C(O)c1ccc(-c2nc(C(=O)c3c(Cl)cccc3C(F)(F)F)n3c2CCCC3)cc1F. The number of halogens is 5. The van der Waals surface area contributed by atoms with Crippen molar-refractivity contribution in [1.29, 1.82) is 0 Å². The minimum Gasteiger partial charge on any atom is -0.478 e. The Hall–Kier alpha value is -3.20. The van der Waals surface area contributed by atoms with Crippen molar-refractivity contribution in [2.75, 3.05) is 0 Å². The highest BCUT2D eigenvalue weighted by Gasteiger charge is 2.38. The fourth-order valence-corrected chi connectivity index (χ4v) is 4.15. The summed E-state index contributed by atoms with van der Waals surface area (Å²) in [4.78, 5) is 28.6. The molecule has 0 aliphatic carbocycles. The Morgan fingerprint density at radius 1 is 1.12 bits per heavy atom. The molecule has 166 valence electrons. The number of hydrogen-bond donors (Lipinski definition) is 1. The van der Waals surface area contributed by atoms with E-state index in [4.69, 9.17) is 16.7 Å². The summed E-state index contributed by atoms with van der Waals surface area (Å²) in [6.45, 7) is 0.352. The van der Waals surface area contributed by atoms with E-state index in [2.05, 4.69) is 4.98 Å². The summed E-state index contributed by atoms with van der Waals surface area (Å²) >= 11 is 5.99. The second-order valence-corrected chi connectivity index (χ2v) is 7.74. The summed E-state index contributed by atoms with van der Waals surface area (Å²) in [6.07, 6.45) is -2.88. The highest BCUT2D eigenvalue weighted by Crippen LogP contribution is 2.37. The van der Waals surface area contributed by atoms with Gasteiger partial charge in [0.05, 0.1) is 27.4 Å². The first-order valence-corrected chi connectivity index (χ1v) is 10.0. The Morgan fingerprint density at radius 3 is 2.53 bits per heavy atom. The molecular weight excluding hydrogens is 452 g/mol. The molecule has 2 aromatic carbocycles. The summed E-state index contributed by atoms with van der Waals surface area (Å²) in [5, 5.41) is 8.68. The molecule has 0 bridgehead atoms. The predicted molar refractivity (Wildman–Crippen MR) is 107 cm³/mol. The number of aromatic nitrogens is 2. The number of alkyl halides is 3. The zero-order valence-electron chi connectivity index (χ0n) is 16.3. The van der Waals surface area contributed by atoms with Gasteiger partial charge in [-0.25, -0.2) is 14.2 Å². The average Bonchev–Trinajstić information content (AvgIpc) is 3.12. The molecule has 0 spiro atoms. The first kappa shape index (κ1) is 22.0. The molecule has 32 heavy (non-hydrogen) atoms. The molecule has 4 rings (SSSR count). The summed E-state index contributed by atoms with van der Waals surface area (Å²) < 4.78 is 56.4. The third kappa shape index (κ3) is 3.77. The van der Waals surface area contributed by atoms with E-state index in [1.807, 2.05) is 0 Å². The monoisotopic (exact) mass is 466 g/mol. The first-order chi connectivity index (χ1) is 15.1. The normalized spacial score (nSPS) is 13.7. The van der Waals surface area contributed by atoms with Crippen molar-refractivity contribution in [2.24, 2.45) is 0 Å². The van der Waals surface area contributed by atoms with E-state index in [0.717, 1.165) is 30.7 Å². The molecule has 0 saturated carbocycles. The quantitative estimate of drug-likeness (QED) is 0.400. The Labute approximate surface area is 184 Å². The highest BCUT2D eigenvalue weighted by atomic mass is 35.5. The lowest BCUT2D eigenvalue weighted by molar-refractivity contribution is -0.137. The maximum Gasteiger partial charge on any atom is 0.417 e. The first-order valence-electron chi connectivity index (χ1n) is 9.62. The van der Waals surface area contributed by atoms with Gasteiger partial charge in [-0.2, -0.15) is 13.2 Å². The predicted octanol–water partition coefficient (Wildman–Crippen LogP) is 5.63. The van der Waals surface area contributed by atoms with Gasteiger partial charge in [0.15, 0.2) is 5.82 Å². The Balaban J connectivity index is 1.88. The maximum atomic E-state index is 14.3. The van der Waals surface area contributed by atoms with Gasteiger partial charge in [-0.1, -0.05) is 23.7 Å². The lowest BCUT2D eigenvalue weighted by Crippen LogP contribution is -2.20. The minimum absolute atomic E-state index is 0.226. The molecule has 1 aliphatic rings. The van der Waals surface area contributed by atoms with Gasteiger partial charge in [0.2, 0.25) is 5.78 Å². The van der Waals surface area contributed by atoms with Crippen LogP contribution in [-0.4, -0.2) is 26.4 Å². The Morgan fingerprint density at radius 2 is 1.88 bits per heavy atom. The number of fused-ring (bicyclic) bond motifs is 1. The van der Waals surface area contributed by atoms with Gasteiger partial charge in [0.25, 0.3) is 0 Å². The molecule has 0 radical (unpaired) electrons. The van der Waals surface area contributed by atoms with Crippen LogP contribution in [0.25, 0.3) is 11.3 Å². The van der Waals surface area contributed by atoms with E-state index in [-0.39, 0.29) is 22.1 Å². The highest BCUT2D eigenvalue weighted by molar-refractivity contribution is 6.35. The standard InChI is InChI=1S/C22H15ClF4N2O3/c23-14-5-3-4-13(22(25,26)27)17(14)19(30)20-28-18(16-6-1-2-9-29(16)20)11-7-8-12(21(31)32)15(24)10-11/h3-5,7-8,10H,1-2,6,9H2,(H,31,32). The van der Waals surface area contributed by atoms with Crippen LogP contribution in [0.1, 0.15) is 50.6 Å². The largest absolute Gasteiger partial charge is 0.478 e. The number of carboxylic acids is 1. The molecule has 1 aromatic heterocycles. The van der Waals surface area contributed by atoms with Crippen molar-refractivity contribution in [2.45, 2.75) is 32.0 Å². The van der Waals surface area contributed by atoms with Crippen LogP contribution in [0.15, 0.2) is 36.4 Å². The number of carboxylic acid groups (broad SMARTS) is 1. The number of carbonyl (C=O) groups is 2. The van der Waals surface area contributed by atoms with E-state index in [9.17, 15) is 27.2 Å². The zero-order chi connectivity index (χ0) is 23.2. The van der Waals surface area contributed by atoms with Gasteiger partial charge in [-0.05, 0) is 43.5 Å². The molecular formula is C22H15ClF4N2O3. The second-order valence-electron chi connectivity index (χ2n) is 7.33. The fourth-order valence-electron chi connectivity index (χ4n) is 3.89. The van der Waals surface area contributed by atoms with Crippen molar-refractivity contribution in [3.8, 4) is 11.3 Å². The van der Waals surface area contributed by atoms with E-state index >= 15 is 0 Å². The van der Waals surface area contributed by atoms with Gasteiger partial charge >= 0.3 is 12.1 Å². The summed E-state index contributed by atoms with van der Waals surface area (Å²) in [5.41, 5.74) is -1.36. The van der Waals surface area contributed by atoms with Crippen molar-refractivity contribution >= 4 is 23.4 Å². The van der Waals surface area contributed by atoms with Gasteiger partial charge < -0.3 is 9.67 Å². The van der Waals surface area contributed by atoms with Crippen molar-refractivity contribution in [3.63, 3.8) is 0 Å². The number of hydrogen-bond acceptors (Lipinski definition) is 3. The molecule has 1 N–H and O–H groups in total. The van der Waals surface area contributed by atoms with Crippen LogP contribution in [0.5, 0.6) is 0 Å². The molecule has 0 atom stereocenters. The Bertz CT molecular complexity index is 1250. The molecule has 3 aromatic rings. The van der Waals surface area contributed by atoms with Crippen LogP contribution >= 0.6 is 11.6 Å². The number of carbonyl (C=O) groups excluding carboxylic acids is 1. The maximum absolute atomic E-state index is 14.3. The molecule has 0 saturated heterocycles. The van der Waals surface area contributed by atoms with Crippen LogP contribution in [0, 0.1) is 5.82 Å². The molecule has 0 amide bonds. The lowest BCUT2D eigenvalue weighted by Gasteiger charge is -2.18. The van der Waals surface area contributed by atoms with Crippen molar-refractivity contribution < 1.29 is 32.3 Å². The molecule has 0 fully saturated rings. The van der Waals surface area contributed by atoms with Crippen LogP contribution in [0.3, 0.4) is 0 Å². The summed E-state index contributed by atoms with van der Waals surface area (Å²) in [7, 11) is 0. The Kier molecular flexibility index (Phi) is 5.54. The van der Waals surface area contributed by atoms with E-state index in [0.29, 0.717) is 25.1 Å². The number of benzene rings is 2.